The van der Waals surface area contributed by atoms with Crippen molar-refractivity contribution in [1.29, 1.82) is 0 Å². The van der Waals surface area contributed by atoms with Gasteiger partial charge in [-0.3, -0.25) is 4.79 Å². The fraction of sp³-hybridized carbons (Fsp3) is 0.133. The van der Waals surface area contributed by atoms with Gasteiger partial charge in [-0.1, -0.05) is 61.8 Å². The average molecular weight is 242 g/mol. The number of ketones is 1. The molecule has 1 atom stereocenters. The van der Waals surface area contributed by atoms with E-state index < -0.39 is 6.17 Å². The van der Waals surface area contributed by atoms with E-state index in [0.29, 0.717) is 0 Å². The van der Waals surface area contributed by atoms with Crippen molar-refractivity contribution in [3.8, 4) is 0 Å². The lowest BCUT2D eigenvalue weighted by atomic mass is 10.2. The lowest BCUT2D eigenvalue weighted by Crippen LogP contribution is -2.40. The van der Waals surface area contributed by atoms with Crippen molar-refractivity contribution in [2.75, 3.05) is 0 Å². The molecule has 0 aromatic rings. The Morgan fingerprint density at radius 3 is 2.22 bits per heavy atom. The Labute approximate surface area is 108 Å². The highest BCUT2D eigenvalue weighted by Gasteiger charge is 2.42. The van der Waals surface area contributed by atoms with Crippen LogP contribution in [0.3, 0.4) is 0 Å². The highest BCUT2D eigenvalue weighted by molar-refractivity contribution is 5.98. The molecule has 1 rings (SSSR count). The quantitative estimate of drug-likeness (QED) is 0.551. The molecule has 0 aromatic carbocycles. The topological polar surface area (TPSA) is 69.1 Å². The molecule has 0 spiro atoms. The monoisotopic (exact) mass is 242 g/mol. The smallest absolute Gasteiger partial charge is 0.175 e. The Kier molecular flexibility index (Phi) is 5.24. The summed E-state index contributed by atoms with van der Waals surface area (Å²) >= 11 is 0. The molecule has 94 valence electrons. The number of Topliss-reactive ketones (excluding diaryl/α,β-unsaturated/α-hetero) is 1. The van der Waals surface area contributed by atoms with E-state index in [1.807, 2.05) is 42.5 Å². The van der Waals surface area contributed by atoms with E-state index >= 15 is 0 Å². The van der Waals surface area contributed by atoms with Gasteiger partial charge in [-0.2, -0.15) is 0 Å². The summed E-state index contributed by atoms with van der Waals surface area (Å²) in [6.45, 7) is 7.36. The lowest BCUT2D eigenvalue weighted by Gasteiger charge is -1.99. The van der Waals surface area contributed by atoms with Gasteiger partial charge < -0.3 is 11.5 Å². The third-order valence-electron chi connectivity index (χ3n) is 2.53. The summed E-state index contributed by atoms with van der Waals surface area (Å²) in [6.07, 6.45) is 13.8. The summed E-state index contributed by atoms with van der Waals surface area (Å²) in [5, 5.41) is 0. The molecule has 0 heterocycles. The van der Waals surface area contributed by atoms with Gasteiger partial charge >= 0.3 is 0 Å². The van der Waals surface area contributed by atoms with Gasteiger partial charge in [0.25, 0.3) is 0 Å². The van der Waals surface area contributed by atoms with E-state index in [-0.39, 0.29) is 11.7 Å². The SMILES string of the molecule is C=C\C=C/C=C\C=C/C=C1\C(=C)C1C(=O)C(N)N. The first-order valence-corrected chi connectivity index (χ1v) is 5.66. The Hall–Kier alpha value is -1.97. The standard InChI is InChI=1S/C15H18N2O/c1-3-4-5-6-7-8-9-10-12-11(2)13(12)14(18)15(16)17/h3-10,13,15H,1-2,16-17H2/b5-4-,7-6-,9-8-,12-10+. The van der Waals surface area contributed by atoms with Crippen LogP contribution >= 0.6 is 0 Å². The molecular formula is C15H18N2O. The third kappa shape index (κ3) is 3.80. The molecule has 4 N–H and O–H groups in total. The molecule has 1 aliphatic rings. The second kappa shape index (κ2) is 6.69. The summed E-state index contributed by atoms with van der Waals surface area (Å²) < 4.78 is 0. The zero-order valence-electron chi connectivity index (χ0n) is 10.3. The summed E-state index contributed by atoms with van der Waals surface area (Å²) in [6, 6.07) is 0. The largest absolute Gasteiger partial charge is 0.310 e. The maximum Gasteiger partial charge on any atom is 0.175 e. The summed E-state index contributed by atoms with van der Waals surface area (Å²) in [4.78, 5) is 11.5. The van der Waals surface area contributed by atoms with Gasteiger partial charge in [0.05, 0.1) is 5.92 Å². The Bertz CT molecular complexity index is 465. The summed E-state index contributed by atoms with van der Waals surface area (Å²) in [7, 11) is 0. The van der Waals surface area contributed by atoms with E-state index in [4.69, 9.17) is 11.5 Å². The molecule has 0 amide bonds. The first-order chi connectivity index (χ1) is 8.59. The number of allylic oxidation sites excluding steroid dienone is 10. The van der Waals surface area contributed by atoms with Crippen LogP contribution in [0.2, 0.25) is 0 Å². The van der Waals surface area contributed by atoms with Crippen LogP contribution in [0.5, 0.6) is 0 Å². The highest BCUT2D eigenvalue weighted by Crippen LogP contribution is 2.44. The molecule has 1 unspecified atom stereocenters. The minimum absolute atomic E-state index is 0.177. The molecule has 0 radical (unpaired) electrons. The van der Waals surface area contributed by atoms with Crippen molar-refractivity contribution in [2.45, 2.75) is 6.17 Å². The van der Waals surface area contributed by atoms with Crippen molar-refractivity contribution in [2.24, 2.45) is 17.4 Å². The van der Waals surface area contributed by atoms with Gasteiger partial charge in [-0.15, -0.1) is 0 Å². The zero-order chi connectivity index (χ0) is 13.5. The molecule has 18 heavy (non-hydrogen) atoms. The van der Waals surface area contributed by atoms with Crippen molar-refractivity contribution in [3.63, 3.8) is 0 Å². The number of hydrogen-bond donors (Lipinski definition) is 2. The van der Waals surface area contributed by atoms with Crippen LogP contribution in [0.1, 0.15) is 0 Å². The predicted octanol–water partition coefficient (Wildman–Crippen LogP) is 1.77. The number of carbonyl (C=O) groups excluding carboxylic acids is 1. The number of hydrogen-bond acceptors (Lipinski definition) is 3. The lowest BCUT2D eigenvalue weighted by molar-refractivity contribution is -0.120. The first kappa shape index (κ1) is 14.1. The minimum Gasteiger partial charge on any atom is -0.310 e. The van der Waals surface area contributed by atoms with E-state index in [9.17, 15) is 4.79 Å². The van der Waals surface area contributed by atoms with E-state index in [1.54, 1.807) is 6.08 Å². The molecule has 1 fully saturated rings. The maximum atomic E-state index is 11.5. The molecule has 0 aliphatic heterocycles. The number of carbonyl (C=O) groups is 1. The van der Waals surface area contributed by atoms with Gasteiger partial charge in [-0.25, -0.2) is 0 Å². The van der Waals surface area contributed by atoms with Crippen LogP contribution in [0.15, 0.2) is 72.9 Å². The zero-order valence-corrected chi connectivity index (χ0v) is 10.3. The van der Waals surface area contributed by atoms with Gasteiger partial charge in [0.15, 0.2) is 5.78 Å². The average Bonchev–Trinajstić information content (AvgIpc) is 2.97. The minimum atomic E-state index is -0.925. The molecule has 0 bridgehead atoms. The normalized spacial score (nSPS) is 21.8. The van der Waals surface area contributed by atoms with Crippen LogP contribution in [-0.2, 0) is 4.79 Å². The summed E-state index contributed by atoms with van der Waals surface area (Å²) in [5.41, 5.74) is 12.4. The second-order valence-corrected chi connectivity index (χ2v) is 3.90. The molecule has 1 aliphatic carbocycles. The van der Waals surface area contributed by atoms with Gasteiger partial charge in [0, 0.05) is 0 Å². The third-order valence-corrected chi connectivity index (χ3v) is 2.53. The number of rotatable bonds is 6. The van der Waals surface area contributed by atoms with E-state index in [1.165, 1.54) is 0 Å². The van der Waals surface area contributed by atoms with Crippen LogP contribution in [0.25, 0.3) is 0 Å². The van der Waals surface area contributed by atoms with Crippen LogP contribution < -0.4 is 11.5 Å². The molecular weight excluding hydrogens is 224 g/mol. The Morgan fingerprint density at radius 1 is 1.11 bits per heavy atom. The molecule has 1 saturated carbocycles. The maximum absolute atomic E-state index is 11.5. The van der Waals surface area contributed by atoms with Gasteiger partial charge in [0.1, 0.15) is 6.17 Å². The van der Waals surface area contributed by atoms with Crippen molar-refractivity contribution in [1.82, 2.24) is 0 Å². The van der Waals surface area contributed by atoms with Gasteiger partial charge in [0.2, 0.25) is 0 Å². The van der Waals surface area contributed by atoms with Gasteiger partial charge in [-0.05, 0) is 11.1 Å². The predicted molar refractivity (Wildman–Crippen MR) is 75.5 cm³/mol. The highest BCUT2D eigenvalue weighted by atomic mass is 16.1. The van der Waals surface area contributed by atoms with Crippen LogP contribution in [0.4, 0.5) is 0 Å². The fourth-order valence-electron chi connectivity index (χ4n) is 1.50. The molecule has 3 nitrogen and oxygen atoms in total. The van der Waals surface area contributed by atoms with E-state index in [2.05, 4.69) is 13.2 Å². The van der Waals surface area contributed by atoms with E-state index in [0.717, 1.165) is 11.1 Å². The molecule has 0 aromatic heterocycles. The van der Waals surface area contributed by atoms with Crippen molar-refractivity contribution < 1.29 is 4.79 Å². The number of nitrogens with two attached hydrogens (primary N) is 2. The molecule has 3 heteroatoms. The Morgan fingerprint density at radius 2 is 1.67 bits per heavy atom. The molecule has 0 saturated heterocycles. The fourth-order valence-corrected chi connectivity index (χ4v) is 1.50. The Balaban J connectivity index is 2.50. The van der Waals surface area contributed by atoms with Crippen LogP contribution in [-0.4, -0.2) is 11.9 Å². The van der Waals surface area contributed by atoms with Crippen LogP contribution in [0, 0.1) is 5.92 Å². The van der Waals surface area contributed by atoms with Crippen molar-refractivity contribution >= 4 is 5.78 Å². The first-order valence-electron chi connectivity index (χ1n) is 5.66. The van der Waals surface area contributed by atoms with Crippen molar-refractivity contribution in [3.05, 3.63) is 72.9 Å². The summed E-state index contributed by atoms with van der Waals surface area (Å²) in [5.74, 6) is -0.455. The second-order valence-electron chi connectivity index (χ2n) is 3.90.